The molecule has 0 aliphatic heterocycles. The van der Waals surface area contributed by atoms with Crippen molar-refractivity contribution >= 4 is 35.0 Å². The molecule has 0 atom stereocenters. The van der Waals surface area contributed by atoms with Gasteiger partial charge in [0.25, 0.3) is 0 Å². The van der Waals surface area contributed by atoms with Gasteiger partial charge in [0.2, 0.25) is 0 Å². The molecule has 0 aliphatic carbocycles. The Morgan fingerprint density at radius 1 is 0.867 bits per heavy atom. The number of carbonyl (C=O) groups is 2. The van der Waals surface area contributed by atoms with Crippen molar-refractivity contribution in [1.29, 1.82) is 0 Å². The van der Waals surface area contributed by atoms with Crippen LogP contribution in [0.4, 0.5) is 5.69 Å². The predicted octanol–water partition coefficient (Wildman–Crippen LogP) is 2.81. The Hall–Kier alpha value is -3.33. The molecule has 160 valence electrons. The van der Waals surface area contributed by atoms with Gasteiger partial charge in [0, 0.05) is 12.2 Å². The number of anilines is 1. The third-order valence-corrected chi connectivity index (χ3v) is 4.43. The minimum absolute atomic E-state index is 0.205. The number of hydrogen-bond acceptors (Lipinski definition) is 7. The van der Waals surface area contributed by atoms with Crippen LogP contribution in [-0.2, 0) is 15.9 Å². The summed E-state index contributed by atoms with van der Waals surface area (Å²) in [5.74, 6) is 0.177. The lowest BCUT2D eigenvalue weighted by atomic mass is 10.1. The van der Waals surface area contributed by atoms with Crippen LogP contribution in [0.3, 0.4) is 0 Å². The van der Waals surface area contributed by atoms with Crippen molar-refractivity contribution in [3.05, 3.63) is 53.1 Å². The van der Waals surface area contributed by atoms with Crippen LogP contribution in [0.1, 0.15) is 26.3 Å². The van der Waals surface area contributed by atoms with Gasteiger partial charge in [0.05, 0.1) is 39.6 Å². The number of ether oxygens (including phenoxy) is 4. The van der Waals surface area contributed by atoms with Crippen molar-refractivity contribution in [1.82, 2.24) is 5.32 Å². The van der Waals surface area contributed by atoms with Crippen molar-refractivity contribution in [2.45, 2.75) is 6.42 Å². The summed E-state index contributed by atoms with van der Waals surface area (Å²) in [6.07, 6.45) is 0.692. The molecule has 0 saturated carbocycles. The van der Waals surface area contributed by atoms with E-state index in [0.717, 1.165) is 5.56 Å². The second kappa shape index (κ2) is 11.0. The molecule has 30 heavy (non-hydrogen) atoms. The summed E-state index contributed by atoms with van der Waals surface area (Å²) in [5, 5.41) is 6.40. The van der Waals surface area contributed by atoms with Gasteiger partial charge in [-0.15, -0.1) is 0 Å². The van der Waals surface area contributed by atoms with Crippen LogP contribution in [-0.4, -0.2) is 52.0 Å². The summed E-state index contributed by atoms with van der Waals surface area (Å²) in [6, 6.07) is 10.2. The molecule has 0 amide bonds. The number of esters is 2. The second-order valence-electron chi connectivity index (χ2n) is 6.10. The fraction of sp³-hybridized carbons (Fsp3) is 0.286. The van der Waals surface area contributed by atoms with E-state index < -0.39 is 11.9 Å². The first-order valence-corrected chi connectivity index (χ1v) is 9.40. The topological polar surface area (TPSA) is 95.1 Å². The normalized spacial score (nSPS) is 10.0. The van der Waals surface area contributed by atoms with E-state index >= 15 is 0 Å². The van der Waals surface area contributed by atoms with Gasteiger partial charge in [0.15, 0.2) is 16.6 Å². The Kier molecular flexibility index (Phi) is 8.42. The van der Waals surface area contributed by atoms with Crippen LogP contribution < -0.4 is 20.1 Å². The van der Waals surface area contributed by atoms with Crippen LogP contribution >= 0.6 is 12.2 Å². The minimum Gasteiger partial charge on any atom is -0.493 e. The van der Waals surface area contributed by atoms with Crippen molar-refractivity contribution in [3.8, 4) is 11.5 Å². The van der Waals surface area contributed by atoms with E-state index in [0.29, 0.717) is 35.3 Å². The number of rotatable bonds is 8. The van der Waals surface area contributed by atoms with E-state index in [1.54, 1.807) is 26.4 Å². The Labute approximate surface area is 180 Å². The molecule has 0 unspecified atom stereocenters. The highest BCUT2D eigenvalue weighted by Crippen LogP contribution is 2.27. The fourth-order valence-corrected chi connectivity index (χ4v) is 2.92. The van der Waals surface area contributed by atoms with E-state index in [1.807, 2.05) is 18.2 Å². The highest BCUT2D eigenvalue weighted by atomic mass is 32.1. The van der Waals surface area contributed by atoms with Crippen molar-refractivity contribution in [2.24, 2.45) is 0 Å². The van der Waals surface area contributed by atoms with Crippen LogP contribution in [0.15, 0.2) is 36.4 Å². The summed E-state index contributed by atoms with van der Waals surface area (Å²) in [5.41, 5.74) is 1.91. The van der Waals surface area contributed by atoms with Gasteiger partial charge in [0.1, 0.15) is 0 Å². The third-order valence-electron chi connectivity index (χ3n) is 4.18. The van der Waals surface area contributed by atoms with E-state index in [1.165, 1.54) is 20.3 Å². The predicted molar refractivity (Wildman–Crippen MR) is 117 cm³/mol. The van der Waals surface area contributed by atoms with Crippen LogP contribution in [0.5, 0.6) is 11.5 Å². The zero-order valence-corrected chi connectivity index (χ0v) is 18.1. The van der Waals surface area contributed by atoms with Gasteiger partial charge in [-0.2, -0.15) is 0 Å². The number of carbonyl (C=O) groups excluding carboxylic acids is 2. The molecule has 0 radical (unpaired) electrons. The molecule has 0 aromatic heterocycles. The highest BCUT2D eigenvalue weighted by Gasteiger charge is 2.14. The van der Waals surface area contributed by atoms with Gasteiger partial charge >= 0.3 is 11.9 Å². The third kappa shape index (κ3) is 6.08. The van der Waals surface area contributed by atoms with Crippen molar-refractivity contribution in [3.63, 3.8) is 0 Å². The first kappa shape index (κ1) is 23.0. The SMILES string of the molecule is COC(=O)c1cc(NC(=S)NCCc2ccc(OC)c(OC)c2)cc(C(=O)OC)c1. The molecule has 0 spiro atoms. The number of thiocarbonyl (C=S) groups is 1. The largest absolute Gasteiger partial charge is 0.493 e. The Balaban J connectivity index is 2.02. The zero-order chi connectivity index (χ0) is 22.1. The lowest BCUT2D eigenvalue weighted by Gasteiger charge is -2.13. The maximum Gasteiger partial charge on any atom is 0.337 e. The Bertz CT molecular complexity index is 897. The standard InChI is InChI=1S/C21H24N2O6S/c1-26-17-6-5-13(9-18(17)27-2)7-8-22-21(30)23-16-11-14(19(24)28-3)10-15(12-16)20(25)29-4/h5-6,9-12H,7-8H2,1-4H3,(H2,22,23,30). The Morgan fingerprint density at radius 2 is 1.47 bits per heavy atom. The second-order valence-corrected chi connectivity index (χ2v) is 6.51. The molecule has 0 heterocycles. The molecule has 9 heteroatoms. The first-order chi connectivity index (χ1) is 14.4. The molecule has 0 fully saturated rings. The van der Waals surface area contributed by atoms with Crippen molar-refractivity contribution in [2.75, 3.05) is 40.3 Å². The molecule has 2 aromatic rings. The number of benzene rings is 2. The van der Waals surface area contributed by atoms with Crippen LogP contribution in [0.25, 0.3) is 0 Å². The fourth-order valence-electron chi connectivity index (χ4n) is 2.70. The molecular formula is C21H24N2O6S. The molecule has 0 saturated heterocycles. The average Bonchev–Trinajstić information content (AvgIpc) is 2.77. The smallest absolute Gasteiger partial charge is 0.337 e. The zero-order valence-electron chi connectivity index (χ0n) is 17.2. The summed E-state index contributed by atoms with van der Waals surface area (Å²) in [6.45, 7) is 0.557. The minimum atomic E-state index is -0.573. The quantitative estimate of drug-likeness (QED) is 0.482. The van der Waals surface area contributed by atoms with Gasteiger partial charge in [-0.3, -0.25) is 0 Å². The van der Waals surface area contributed by atoms with Crippen LogP contribution in [0, 0.1) is 0 Å². The molecule has 2 rings (SSSR count). The summed E-state index contributed by atoms with van der Waals surface area (Å²) in [7, 11) is 5.70. The van der Waals surface area contributed by atoms with Crippen LogP contribution in [0.2, 0.25) is 0 Å². The van der Waals surface area contributed by atoms with E-state index in [-0.39, 0.29) is 11.1 Å². The molecule has 0 aliphatic rings. The lowest BCUT2D eigenvalue weighted by Crippen LogP contribution is -2.30. The number of nitrogens with one attached hydrogen (secondary N) is 2. The monoisotopic (exact) mass is 432 g/mol. The highest BCUT2D eigenvalue weighted by molar-refractivity contribution is 7.80. The van der Waals surface area contributed by atoms with E-state index in [9.17, 15) is 9.59 Å². The average molecular weight is 432 g/mol. The maximum absolute atomic E-state index is 11.9. The van der Waals surface area contributed by atoms with Gasteiger partial charge < -0.3 is 29.6 Å². The van der Waals surface area contributed by atoms with Gasteiger partial charge in [-0.25, -0.2) is 9.59 Å². The van der Waals surface area contributed by atoms with Gasteiger partial charge in [-0.1, -0.05) is 6.07 Å². The van der Waals surface area contributed by atoms with Crippen molar-refractivity contribution < 1.29 is 28.5 Å². The lowest BCUT2D eigenvalue weighted by molar-refractivity contribution is 0.0599. The number of methoxy groups -OCH3 is 4. The Morgan fingerprint density at radius 3 is 2.00 bits per heavy atom. The molecule has 2 aromatic carbocycles. The van der Waals surface area contributed by atoms with Gasteiger partial charge in [-0.05, 0) is 54.5 Å². The first-order valence-electron chi connectivity index (χ1n) is 8.99. The molecular weight excluding hydrogens is 408 g/mol. The summed E-state index contributed by atoms with van der Waals surface area (Å²) in [4.78, 5) is 23.7. The molecule has 2 N–H and O–H groups in total. The number of hydrogen-bond donors (Lipinski definition) is 2. The van der Waals surface area contributed by atoms with E-state index in [4.69, 9.17) is 31.2 Å². The van der Waals surface area contributed by atoms with E-state index in [2.05, 4.69) is 10.6 Å². The molecule has 0 bridgehead atoms. The molecule has 8 nitrogen and oxygen atoms in total. The summed E-state index contributed by atoms with van der Waals surface area (Å²) >= 11 is 5.32. The summed E-state index contributed by atoms with van der Waals surface area (Å²) < 4.78 is 20.0. The maximum atomic E-state index is 11.9.